The van der Waals surface area contributed by atoms with Crippen molar-refractivity contribution in [3.05, 3.63) is 23.8 Å². The summed E-state index contributed by atoms with van der Waals surface area (Å²) in [6.07, 6.45) is 3.01. The number of benzene rings is 1. The van der Waals surface area contributed by atoms with E-state index in [0.717, 1.165) is 19.3 Å². The van der Waals surface area contributed by atoms with E-state index in [1.807, 2.05) is 6.92 Å². The molecule has 0 saturated heterocycles. The maximum Gasteiger partial charge on any atom is 0.260 e. The Morgan fingerprint density at radius 2 is 2.24 bits per heavy atom. The minimum atomic E-state index is -0.647. The van der Waals surface area contributed by atoms with Gasteiger partial charge < -0.3 is 14.8 Å². The third-order valence-electron chi connectivity index (χ3n) is 3.18. The van der Waals surface area contributed by atoms with Crippen molar-refractivity contribution < 1.29 is 19.1 Å². The molecule has 1 aromatic rings. The van der Waals surface area contributed by atoms with Crippen molar-refractivity contribution in [1.29, 1.82) is 0 Å². The summed E-state index contributed by atoms with van der Waals surface area (Å²) in [6.45, 7) is 4.28. The van der Waals surface area contributed by atoms with E-state index in [-0.39, 0.29) is 11.9 Å². The Kier molecular flexibility index (Phi) is 5.20. The van der Waals surface area contributed by atoms with Crippen LogP contribution >= 0.6 is 0 Å². The second-order valence-corrected chi connectivity index (χ2v) is 5.21. The molecule has 0 radical (unpaired) electrons. The van der Waals surface area contributed by atoms with Crippen LogP contribution in [0.1, 0.15) is 43.5 Å². The molecular weight excluding hydrogens is 270 g/mol. The molecule has 1 saturated carbocycles. The molecule has 2 rings (SSSR count). The van der Waals surface area contributed by atoms with Crippen LogP contribution in [-0.4, -0.2) is 30.9 Å². The number of carbonyl (C=O) groups excluding carboxylic acids is 2. The summed E-state index contributed by atoms with van der Waals surface area (Å²) < 4.78 is 11.1. The summed E-state index contributed by atoms with van der Waals surface area (Å²) in [5, 5.41) is 2.88. The molecule has 1 aromatic carbocycles. The van der Waals surface area contributed by atoms with Crippen molar-refractivity contribution >= 4 is 12.2 Å². The predicted octanol–water partition coefficient (Wildman–Crippen LogP) is 2.33. The third kappa shape index (κ3) is 4.48. The highest BCUT2D eigenvalue weighted by molar-refractivity contribution is 5.83. The Morgan fingerprint density at radius 3 is 2.86 bits per heavy atom. The van der Waals surface area contributed by atoms with E-state index in [1.165, 1.54) is 0 Å². The molecule has 5 nitrogen and oxygen atoms in total. The second-order valence-electron chi connectivity index (χ2n) is 5.21. The third-order valence-corrected chi connectivity index (χ3v) is 3.18. The van der Waals surface area contributed by atoms with Crippen LogP contribution in [-0.2, 0) is 4.79 Å². The van der Waals surface area contributed by atoms with Gasteiger partial charge in [0.2, 0.25) is 0 Å². The van der Waals surface area contributed by atoms with Crippen LogP contribution in [0.3, 0.4) is 0 Å². The largest absolute Gasteiger partial charge is 0.493 e. The molecule has 5 heteroatoms. The van der Waals surface area contributed by atoms with Crippen LogP contribution < -0.4 is 14.8 Å². The highest BCUT2D eigenvalue weighted by Crippen LogP contribution is 2.25. The number of aldehydes is 1. The van der Waals surface area contributed by atoms with Crippen molar-refractivity contribution in [3.8, 4) is 11.5 Å². The molecule has 0 bridgehead atoms. The zero-order chi connectivity index (χ0) is 15.2. The molecule has 1 fully saturated rings. The zero-order valence-electron chi connectivity index (χ0n) is 12.4. The summed E-state index contributed by atoms with van der Waals surface area (Å²) in [4.78, 5) is 23.0. The molecule has 1 atom stereocenters. The van der Waals surface area contributed by atoms with Gasteiger partial charge in [-0.05, 0) is 38.3 Å². The number of rotatable bonds is 8. The van der Waals surface area contributed by atoms with Crippen LogP contribution in [0.25, 0.3) is 0 Å². The smallest absolute Gasteiger partial charge is 0.260 e. The van der Waals surface area contributed by atoms with E-state index in [9.17, 15) is 9.59 Å². The fourth-order valence-electron chi connectivity index (χ4n) is 1.81. The van der Waals surface area contributed by atoms with Gasteiger partial charge in [-0.2, -0.15) is 0 Å². The molecule has 1 unspecified atom stereocenters. The van der Waals surface area contributed by atoms with Gasteiger partial charge in [-0.3, -0.25) is 9.59 Å². The molecule has 1 amide bonds. The average Bonchev–Trinajstić information content (AvgIpc) is 3.29. The standard InChI is InChI=1S/C16H21NO4/c1-3-8-20-14-7-4-12(10-18)15(9-14)21-11(2)16(19)17-13-5-6-13/h4,7,9-11,13H,3,5-6,8H2,1-2H3,(H,17,19). The van der Waals surface area contributed by atoms with Crippen molar-refractivity contribution in [2.24, 2.45) is 0 Å². The number of amides is 1. The first kappa shape index (κ1) is 15.4. The summed E-state index contributed by atoms with van der Waals surface area (Å²) in [5.74, 6) is 0.846. The molecule has 1 N–H and O–H groups in total. The average molecular weight is 291 g/mol. The van der Waals surface area contributed by atoms with E-state index in [2.05, 4.69) is 5.32 Å². The number of hydrogen-bond acceptors (Lipinski definition) is 4. The lowest BCUT2D eigenvalue weighted by Crippen LogP contribution is -2.37. The summed E-state index contributed by atoms with van der Waals surface area (Å²) in [7, 11) is 0. The molecule has 114 valence electrons. The van der Waals surface area contributed by atoms with E-state index in [0.29, 0.717) is 30.0 Å². The monoisotopic (exact) mass is 291 g/mol. The summed E-state index contributed by atoms with van der Waals surface area (Å²) >= 11 is 0. The summed E-state index contributed by atoms with van der Waals surface area (Å²) in [6, 6.07) is 5.30. The Morgan fingerprint density at radius 1 is 1.48 bits per heavy atom. The molecule has 0 aromatic heterocycles. The van der Waals surface area contributed by atoms with Crippen LogP contribution in [0.15, 0.2) is 18.2 Å². The van der Waals surface area contributed by atoms with Crippen molar-refractivity contribution in [3.63, 3.8) is 0 Å². The SMILES string of the molecule is CCCOc1ccc(C=O)c(OC(C)C(=O)NC2CC2)c1. The lowest BCUT2D eigenvalue weighted by atomic mass is 10.2. The van der Waals surface area contributed by atoms with Gasteiger partial charge >= 0.3 is 0 Å². The molecular formula is C16H21NO4. The summed E-state index contributed by atoms with van der Waals surface area (Å²) in [5.41, 5.74) is 0.407. The van der Waals surface area contributed by atoms with Gasteiger partial charge in [0.05, 0.1) is 12.2 Å². The first-order chi connectivity index (χ1) is 10.1. The highest BCUT2D eigenvalue weighted by Gasteiger charge is 2.26. The fraction of sp³-hybridized carbons (Fsp3) is 0.500. The zero-order valence-corrected chi connectivity index (χ0v) is 12.4. The van der Waals surface area contributed by atoms with E-state index in [1.54, 1.807) is 25.1 Å². The minimum absolute atomic E-state index is 0.158. The Hall–Kier alpha value is -2.04. The highest BCUT2D eigenvalue weighted by atomic mass is 16.5. The first-order valence-electron chi connectivity index (χ1n) is 7.33. The molecule has 1 aliphatic carbocycles. The quantitative estimate of drug-likeness (QED) is 0.747. The van der Waals surface area contributed by atoms with Crippen LogP contribution in [0, 0.1) is 0 Å². The van der Waals surface area contributed by atoms with E-state index in [4.69, 9.17) is 9.47 Å². The van der Waals surface area contributed by atoms with Crippen LogP contribution in [0.2, 0.25) is 0 Å². The first-order valence-corrected chi connectivity index (χ1v) is 7.33. The normalized spacial score (nSPS) is 15.1. The van der Waals surface area contributed by atoms with Crippen LogP contribution in [0.4, 0.5) is 0 Å². The molecule has 0 heterocycles. The van der Waals surface area contributed by atoms with E-state index < -0.39 is 6.10 Å². The van der Waals surface area contributed by atoms with Crippen molar-refractivity contribution in [2.75, 3.05) is 6.61 Å². The number of ether oxygens (including phenoxy) is 2. The van der Waals surface area contributed by atoms with Gasteiger partial charge in [-0.1, -0.05) is 6.92 Å². The number of nitrogens with one attached hydrogen (secondary N) is 1. The van der Waals surface area contributed by atoms with E-state index >= 15 is 0 Å². The topological polar surface area (TPSA) is 64.6 Å². The number of hydrogen-bond donors (Lipinski definition) is 1. The van der Waals surface area contributed by atoms with Crippen molar-refractivity contribution in [2.45, 2.75) is 45.3 Å². The Bertz CT molecular complexity index is 511. The van der Waals surface area contributed by atoms with Gasteiger partial charge in [-0.15, -0.1) is 0 Å². The predicted molar refractivity (Wildman–Crippen MR) is 78.9 cm³/mol. The van der Waals surface area contributed by atoms with Crippen LogP contribution in [0.5, 0.6) is 11.5 Å². The molecule has 1 aliphatic rings. The molecule has 21 heavy (non-hydrogen) atoms. The van der Waals surface area contributed by atoms with Gasteiger partial charge in [0.15, 0.2) is 12.4 Å². The van der Waals surface area contributed by atoms with Gasteiger partial charge in [-0.25, -0.2) is 0 Å². The Labute approximate surface area is 124 Å². The maximum atomic E-state index is 11.9. The minimum Gasteiger partial charge on any atom is -0.493 e. The van der Waals surface area contributed by atoms with Crippen molar-refractivity contribution in [1.82, 2.24) is 5.32 Å². The second kappa shape index (κ2) is 7.11. The fourth-order valence-corrected chi connectivity index (χ4v) is 1.81. The Balaban J connectivity index is 2.04. The number of carbonyl (C=O) groups is 2. The van der Waals surface area contributed by atoms with Gasteiger partial charge in [0, 0.05) is 12.1 Å². The lowest BCUT2D eigenvalue weighted by molar-refractivity contribution is -0.127. The van der Waals surface area contributed by atoms with Gasteiger partial charge in [0.1, 0.15) is 11.5 Å². The molecule has 0 aliphatic heterocycles. The molecule has 0 spiro atoms. The lowest BCUT2D eigenvalue weighted by Gasteiger charge is -2.16. The maximum absolute atomic E-state index is 11.9. The van der Waals surface area contributed by atoms with Gasteiger partial charge in [0.25, 0.3) is 5.91 Å².